The minimum Gasteiger partial charge on any atom is -0.353 e. The molecule has 5 nitrogen and oxygen atoms in total. The number of nitrogens with zero attached hydrogens (tertiary/aromatic N) is 1. The van der Waals surface area contributed by atoms with Crippen LogP contribution in [0.15, 0.2) is 30.3 Å². The first kappa shape index (κ1) is 19.4. The van der Waals surface area contributed by atoms with Crippen molar-refractivity contribution in [2.45, 2.75) is 58.0 Å². The lowest BCUT2D eigenvalue weighted by Crippen LogP contribution is -2.51. The summed E-state index contributed by atoms with van der Waals surface area (Å²) in [4.78, 5) is 26.9. The van der Waals surface area contributed by atoms with Crippen molar-refractivity contribution in [3.05, 3.63) is 35.9 Å². The number of hydrogen-bond donors (Lipinski definition) is 2. The molecule has 0 radical (unpaired) electrons. The van der Waals surface area contributed by atoms with Crippen molar-refractivity contribution in [1.29, 1.82) is 0 Å². The van der Waals surface area contributed by atoms with Crippen molar-refractivity contribution in [2.75, 3.05) is 13.1 Å². The van der Waals surface area contributed by atoms with E-state index >= 15 is 0 Å². The summed E-state index contributed by atoms with van der Waals surface area (Å²) in [6.07, 6.45) is 4.24. The van der Waals surface area contributed by atoms with Crippen molar-refractivity contribution in [3.8, 4) is 0 Å². The van der Waals surface area contributed by atoms with Crippen molar-refractivity contribution >= 4 is 11.8 Å². The number of amides is 2. The van der Waals surface area contributed by atoms with Gasteiger partial charge in [0.2, 0.25) is 11.8 Å². The number of nitrogens with one attached hydrogen (secondary N) is 1. The number of likely N-dealkylation sites (tertiary alicyclic amines) is 1. The zero-order valence-electron chi connectivity index (χ0n) is 15.4. The highest BCUT2D eigenvalue weighted by atomic mass is 16.2. The number of piperidine rings is 1. The maximum Gasteiger partial charge on any atom is 0.239 e. The molecule has 3 atom stereocenters. The SMILES string of the molecule is CCCC(C)NC(=O)C1CCCN(C(=O)[C@@H](N)Cc2ccccc2)C1. The van der Waals surface area contributed by atoms with Gasteiger partial charge in [0, 0.05) is 19.1 Å². The van der Waals surface area contributed by atoms with Crippen LogP contribution in [-0.4, -0.2) is 41.9 Å². The van der Waals surface area contributed by atoms with E-state index < -0.39 is 6.04 Å². The summed E-state index contributed by atoms with van der Waals surface area (Å²) in [5.74, 6) is -0.112. The van der Waals surface area contributed by atoms with Crippen LogP contribution >= 0.6 is 0 Å². The number of carbonyl (C=O) groups is 2. The summed E-state index contributed by atoms with van der Waals surface area (Å²) >= 11 is 0. The van der Waals surface area contributed by atoms with Crippen LogP contribution in [0.3, 0.4) is 0 Å². The van der Waals surface area contributed by atoms with Gasteiger partial charge in [-0.2, -0.15) is 0 Å². The van der Waals surface area contributed by atoms with Crippen LogP contribution in [-0.2, 0) is 16.0 Å². The Morgan fingerprint density at radius 1 is 1.32 bits per heavy atom. The Balaban J connectivity index is 1.88. The van der Waals surface area contributed by atoms with Gasteiger partial charge in [-0.25, -0.2) is 0 Å². The average molecular weight is 345 g/mol. The van der Waals surface area contributed by atoms with Gasteiger partial charge in [0.05, 0.1) is 12.0 Å². The third-order valence-corrected chi connectivity index (χ3v) is 4.83. The van der Waals surface area contributed by atoms with Gasteiger partial charge >= 0.3 is 0 Å². The van der Waals surface area contributed by atoms with E-state index in [2.05, 4.69) is 12.2 Å². The Hall–Kier alpha value is -1.88. The molecule has 0 saturated carbocycles. The quantitative estimate of drug-likeness (QED) is 0.795. The summed E-state index contributed by atoms with van der Waals surface area (Å²) in [7, 11) is 0. The van der Waals surface area contributed by atoms with E-state index in [0.29, 0.717) is 19.5 Å². The molecule has 5 heteroatoms. The largest absolute Gasteiger partial charge is 0.353 e. The molecule has 2 rings (SSSR count). The standard InChI is InChI=1S/C20H31N3O2/c1-3-8-15(2)22-19(24)17-11-7-12-23(14-17)20(25)18(21)13-16-9-5-4-6-10-16/h4-6,9-10,15,17-18H,3,7-8,11-14,21H2,1-2H3,(H,22,24)/t15?,17?,18-/m0/s1. The minimum atomic E-state index is -0.553. The Labute approximate surface area is 151 Å². The molecular weight excluding hydrogens is 314 g/mol. The van der Waals surface area contributed by atoms with Gasteiger partial charge < -0.3 is 16.0 Å². The number of benzene rings is 1. The van der Waals surface area contributed by atoms with E-state index in [-0.39, 0.29) is 23.8 Å². The number of nitrogens with two attached hydrogens (primary N) is 1. The molecule has 1 aliphatic heterocycles. The lowest BCUT2D eigenvalue weighted by Gasteiger charge is -2.34. The summed E-state index contributed by atoms with van der Waals surface area (Å²) in [5, 5.41) is 3.07. The number of carbonyl (C=O) groups excluding carboxylic acids is 2. The van der Waals surface area contributed by atoms with Crippen LogP contribution < -0.4 is 11.1 Å². The third-order valence-electron chi connectivity index (χ3n) is 4.83. The Morgan fingerprint density at radius 2 is 2.04 bits per heavy atom. The van der Waals surface area contributed by atoms with Crippen LogP contribution in [0.4, 0.5) is 0 Å². The van der Waals surface area contributed by atoms with E-state index in [1.165, 1.54) is 0 Å². The van der Waals surface area contributed by atoms with Gasteiger partial charge in [0.1, 0.15) is 0 Å². The molecule has 0 aromatic heterocycles. The summed E-state index contributed by atoms with van der Waals surface area (Å²) in [6, 6.07) is 9.44. The second-order valence-electron chi connectivity index (χ2n) is 7.12. The fraction of sp³-hybridized carbons (Fsp3) is 0.600. The molecule has 3 N–H and O–H groups in total. The molecule has 1 aromatic carbocycles. The third kappa shape index (κ3) is 5.85. The second kappa shape index (κ2) is 9.56. The fourth-order valence-electron chi connectivity index (χ4n) is 3.45. The number of rotatable bonds is 7. The minimum absolute atomic E-state index is 0.0528. The predicted octanol–water partition coefficient (Wildman–Crippen LogP) is 2.10. The van der Waals surface area contributed by atoms with Crippen LogP contribution in [0, 0.1) is 5.92 Å². The molecule has 1 saturated heterocycles. The van der Waals surface area contributed by atoms with Crippen LogP contribution in [0.1, 0.15) is 45.1 Å². The zero-order chi connectivity index (χ0) is 18.2. The first-order valence-electron chi connectivity index (χ1n) is 9.40. The molecular formula is C20H31N3O2. The van der Waals surface area contributed by atoms with E-state index in [1.54, 1.807) is 4.90 Å². The van der Waals surface area contributed by atoms with Gasteiger partial charge in [-0.1, -0.05) is 43.7 Å². The van der Waals surface area contributed by atoms with Gasteiger partial charge in [-0.3, -0.25) is 9.59 Å². The van der Waals surface area contributed by atoms with Gasteiger partial charge in [-0.15, -0.1) is 0 Å². The van der Waals surface area contributed by atoms with Crippen molar-refractivity contribution in [2.24, 2.45) is 11.7 Å². The van der Waals surface area contributed by atoms with Gasteiger partial charge in [-0.05, 0) is 38.2 Å². The lowest BCUT2D eigenvalue weighted by atomic mass is 9.95. The molecule has 0 aliphatic carbocycles. The fourth-order valence-corrected chi connectivity index (χ4v) is 3.45. The summed E-state index contributed by atoms with van der Waals surface area (Å²) in [6.45, 7) is 5.31. The van der Waals surface area contributed by atoms with E-state index in [0.717, 1.165) is 31.2 Å². The van der Waals surface area contributed by atoms with E-state index in [9.17, 15) is 9.59 Å². The topological polar surface area (TPSA) is 75.4 Å². The molecule has 1 aliphatic rings. The van der Waals surface area contributed by atoms with E-state index in [1.807, 2.05) is 37.3 Å². The van der Waals surface area contributed by atoms with Gasteiger partial charge in [0.25, 0.3) is 0 Å². The highest BCUT2D eigenvalue weighted by Gasteiger charge is 2.31. The molecule has 1 fully saturated rings. The Morgan fingerprint density at radius 3 is 2.72 bits per heavy atom. The second-order valence-corrected chi connectivity index (χ2v) is 7.12. The summed E-state index contributed by atoms with van der Waals surface area (Å²) < 4.78 is 0. The monoisotopic (exact) mass is 345 g/mol. The highest BCUT2D eigenvalue weighted by molar-refractivity contribution is 5.84. The molecule has 1 aromatic rings. The predicted molar refractivity (Wildman–Crippen MR) is 99.9 cm³/mol. The smallest absolute Gasteiger partial charge is 0.239 e. The van der Waals surface area contributed by atoms with Crippen LogP contribution in [0.2, 0.25) is 0 Å². The van der Waals surface area contributed by atoms with Gasteiger partial charge in [0.15, 0.2) is 0 Å². The normalized spacial score (nSPS) is 20.0. The first-order valence-corrected chi connectivity index (χ1v) is 9.40. The number of hydrogen-bond acceptors (Lipinski definition) is 3. The molecule has 1 heterocycles. The van der Waals surface area contributed by atoms with E-state index in [4.69, 9.17) is 5.73 Å². The average Bonchev–Trinajstić information content (AvgIpc) is 2.62. The molecule has 0 bridgehead atoms. The molecule has 0 spiro atoms. The first-order chi connectivity index (χ1) is 12.0. The van der Waals surface area contributed by atoms with Crippen molar-refractivity contribution in [3.63, 3.8) is 0 Å². The maximum absolute atomic E-state index is 12.7. The Kier molecular flexibility index (Phi) is 7.44. The Bertz CT molecular complexity index is 561. The van der Waals surface area contributed by atoms with Crippen molar-refractivity contribution < 1.29 is 9.59 Å². The molecule has 2 amide bonds. The maximum atomic E-state index is 12.7. The van der Waals surface area contributed by atoms with Crippen LogP contribution in [0.5, 0.6) is 0 Å². The molecule has 25 heavy (non-hydrogen) atoms. The highest BCUT2D eigenvalue weighted by Crippen LogP contribution is 2.18. The summed E-state index contributed by atoms with van der Waals surface area (Å²) in [5.41, 5.74) is 7.19. The van der Waals surface area contributed by atoms with Crippen LogP contribution in [0.25, 0.3) is 0 Å². The molecule has 2 unspecified atom stereocenters. The molecule has 138 valence electrons. The van der Waals surface area contributed by atoms with Crippen molar-refractivity contribution in [1.82, 2.24) is 10.2 Å². The lowest BCUT2D eigenvalue weighted by molar-refractivity contribution is -0.137. The zero-order valence-corrected chi connectivity index (χ0v) is 15.4.